The van der Waals surface area contributed by atoms with Crippen molar-refractivity contribution in [2.45, 2.75) is 0 Å². The number of nitrogens with one attached hydrogen (secondary N) is 1. The lowest BCUT2D eigenvalue weighted by atomic mass is 10.1. The largest absolute Gasteiger partial charge is 0.478 e. The molecule has 1 aromatic heterocycles. The van der Waals surface area contributed by atoms with Crippen molar-refractivity contribution in [3.8, 4) is 0 Å². The Balaban J connectivity index is 2.40. The number of anilines is 1. The molecule has 2 N–H and O–H groups in total. The molecule has 0 radical (unpaired) electrons. The maximum absolute atomic E-state index is 13.2. The minimum Gasteiger partial charge on any atom is -0.478 e. The Hall–Kier alpha value is -2.35. The summed E-state index contributed by atoms with van der Waals surface area (Å²) in [5.41, 5.74) is -0.933. The minimum atomic E-state index is -1.50. The van der Waals surface area contributed by atoms with Gasteiger partial charge in [0.25, 0.3) is 5.91 Å². The third-order valence-electron chi connectivity index (χ3n) is 2.51. The van der Waals surface area contributed by atoms with E-state index in [1.54, 1.807) is 12.1 Å². The molecule has 0 aliphatic carbocycles. The molecule has 0 fully saturated rings. The lowest BCUT2D eigenvalue weighted by Gasteiger charge is -2.09. The van der Waals surface area contributed by atoms with Gasteiger partial charge in [-0.15, -0.1) is 0 Å². The second kappa shape index (κ2) is 5.96. The van der Waals surface area contributed by atoms with Crippen LogP contribution in [0.1, 0.15) is 20.8 Å². The van der Waals surface area contributed by atoms with Gasteiger partial charge in [-0.1, -0.05) is 0 Å². The summed E-state index contributed by atoms with van der Waals surface area (Å²) >= 11 is 3.11. The van der Waals surface area contributed by atoms with Crippen LogP contribution in [0.4, 0.5) is 14.5 Å². The fourth-order valence-corrected chi connectivity index (χ4v) is 2.00. The summed E-state index contributed by atoms with van der Waals surface area (Å²) in [5.74, 6) is -4.83. The lowest BCUT2D eigenvalue weighted by Crippen LogP contribution is -2.17. The molecule has 1 aromatic carbocycles. The molecule has 2 aromatic rings. The summed E-state index contributed by atoms with van der Waals surface area (Å²) in [6, 6.07) is 4.25. The Morgan fingerprint density at radius 1 is 1.24 bits per heavy atom. The quantitative estimate of drug-likeness (QED) is 0.885. The first-order chi connectivity index (χ1) is 9.90. The molecule has 0 atom stereocenters. The van der Waals surface area contributed by atoms with E-state index in [2.05, 4.69) is 26.2 Å². The van der Waals surface area contributed by atoms with Crippen LogP contribution in [0.25, 0.3) is 0 Å². The number of carboxylic acid groups (broad SMARTS) is 1. The van der Waals surface area contributed by atoms with E-state index in [1.165, 1.54) is 6.20 Å². The van der Waals surface area contributed by atoms with E-state index in [9.17, 15) is 18.4 Å². The number of carboxylic acids is 1. The number of rotatable bonds is 3. The first-order valence-corrected chi connectivity index (χ1v) is 6.33. The number of aromatic nitrogens is 1. The summed E-state index contributed by atoms with van der Waals surface area (Å²) in [5, 5.41) is 11.2. The zero-order valence-corrected chi connectivity index (χ0v) is 11.8. The highest BCUT2D eigenvalue weighted by atomic mass is 79.9. The van der Waals surface area contributed by atoms with E-state index in [0.717, 1.165) is 0 Å². The van der Waals surface area contributed by atoms with Gasteiger partial charge in [0.15, 0.2) is 11.6 Å². The van der Waals surface area contributed by atoms with Crippen molar-refractivity contribution in [3.05, 3.63) is 57.8 Å². The molecule has 0 aliphatic rings. The molecule has 0 saturated carbocycles. The van der Waals surface area contributed by atoms with Gasteiger partial charge in [-0.3, -0.25) is 4.79 Å². The number of amides is 1. The average Bonchev–Trinajstić information content (AvgIpc) is 2.42. The highest BCUT2D eigenvalue weighted by Gasteiger charge is 2.19. The highest BCUT2D eigenvalue weighted by Crippen LogP contribution is 2.22. The fraction of sp³-hybridized carbons (Fsp3) is 0. The predicted octanol–water partition coefficient (Wildman–Crippen LogP) is 3.07. The van der Waals surface area contributed by atoms with Gasteiger partial charge in [0.2, 0.25) is 0 Å². The number of halogens is 3. The van der Waals surface area contributed by atoms with Gasteiger partial charge in [0.05, 0.1) is 11.3 Å². The Morgan fingerprint density at radius 2 is 1.90 bits per heavy atom. The number of hydrogen-bond donors (Lipinski definition) is 2. The number of benzene rings is 1. The monoisotopic (exact) mass is 356 g/mol. The first kappa shape index (κ1) is 15.0. The Bertz CT molecular complexity index is 737. The van der Waals surface area contributed by atoms with Crippen LogP contribution in [0.15, 0.2) is 34.9 Å². The molecular formula is C13H7BrF2N2O3. The summed E-state index contributed by atoms with van der Waals surface area (Å²) in [4.78, 5) is 26.8. The molecule has 0 bridgehead atoms. The summed E-state index contributed by atoms with van der Waals surface area (Å²) in [6.07, 6.45) is 1.36. The van der Waals surface area contributed by atoms with Crippen LogP contribution in [0, 0.1) is 11.6 Å². The van der Waals surface area contributed by atoms with Gasteiger partial charge < -0.3 is 10.4 Å². The van der Waals surface area contributed by atoms with E-state index in [1.807, 2.05) is 0 Å². The average molecular weight is 357 g/mol. The molecule has 0 unspecified atom stereocenters. The fourth-order valence-electron chi connectivity index (χ4n) is 1.56. The smallest absolute Gasteiger partial charge is 0.337 e. The zero-order chi connectivity index (χ0) is 15.6. The maximum Gasteiger partial charge on any atom is 0.337 e. The summed E-state index contributed by atoms with van der Waals surface area (Å²) in [7, 11) is 0. The van der Waals surface area contributed by atoms with Crippen molar-refractivity contribution in [1.29, 1.82) is 0 Å². The predicted molar refractivity (Wildman–Crippen MR) is 73.2 cm³/mol. The van der Waals surface area contributed by atoms with E-state index < -0.39 is 29.1 Å². The lowest BCUT2D eigenvalue weighted by molar-refractivity contribution is 0.0697. The van der Waals surface area contributed by atoms with Gasteiger partial charge in [-0.25, -0.2) is 18.6 Å². The van der Waals surface area contributed by atoms with E-state index >= 15 is 0 Å². The molecule has 1 amide bonds. The molecule has 5 nitrogen and oxygen atoms in total. The van der Waals surface area contributed by atoms with Crippen molar-refractivity contribution in [2.75, 3.05) is 5.32 Å². The zero-order valence-electron chi connectivity index (χ0n) is 10.2. The molecule has 2 rings (SSSR count). The van der Waals surface area contributed by atoms with Crippen LogP contribution in [-0.2, 0) is 0 Å². The minimum absolute atomic E-state index is 0.0152. The normalized spacial score (nSPS) is 10.2. The topological polar surface area (TPSA) is 79.3 Å². The SMILES string of the molecule is O=C(O)c1cc(F)c(F)cc1NC(=O)c1ncccc1Br. The van der Waals surface area contributed by atoms with Crippen LogP contribution < -0.4 is 5.32 Å². The van der Waals surface area contributed by atoms with Gasteiger partial charge in [-0.2, -0.15) is 0 Å². The summed E-state index contributed by atoms with van der Waals surface area (Å²) < 4.78 is 26.7. The third kappa shape index (κ3) is 3.22. The molecule has 21 heavy (non-hydrogen) atoms. The molecule has 0 saturated heterocycles. The Kier molecular flexibility index (Phi) is 4.27. The second-order valence-electron chi connectivity index (χ2n) is 3.91. The van der Waals surface area contributed by atoms with Gasteiger partial charge in [-0.05, 0) is 34.1 Å². The van der Waals surface area contributed by atoms with E-state index in [0.29, 0.717) is 16.6 Å². The van der Waals surface area contributed by atoms with Crippen LogP contribution in [-0.4, -0.2) is 22.0 Å². The van der Waals surface area contributed by atoms with Gasteiger partial charge >= 0.3 is 5.97 Å². The molecule has 0 aliphatic heterocycles. The first-order valence-electron chi connectivity index (χ1n) is 5.54. The van der Waals surface area contributed by atoms with E-state index in [-0.39, 0.29) is 11.4 Å². The molecule has 0 spiro atoms. The maximum atomic E-state index is 13.2. The highest BCUT2D eigenvalue weighted by molar-refractivity contribution is 9.10. The van der Waals surface area contributed by atoms with Crippen molar-refractivity contribution in [1.82, 2.24) is 4.98 Å². The van der Waals surface area contributed by atoms with Crippen LogP contribution in [0.2, 0.25) is 0 Å². The van der Waals surface area contributed by atoms with Crippen molar-refractivity contribution >= 4 is 33.5 Å². The van der Waals surface area contributed by atoms with Crippen molar-refractivity contribution in [2.24, 2.45) is 0 Å². The molecule has 108 valence electrons. The third-order valence-corrected chi connectivity index (χ3v) is 3.15. The summed E-state index contributed by atoms with van der Waals surface area (Å²) in [6.45, 7) is 0. The molecule has 8 heteroatoms. The van der Waals surface area contributed by atoms with Gasteiger partial charge in [0, 0.05) is 16.7 Å². The standard InChI is InChI=1S/C13H7BrF2N2O3/c14-7-2-1-3-17-11(7)12(19)18-10-5-9(16)8(15)4-6(10)13(20)21/h1-5H,(H,18,19)(H,20,21). The van der Waals surface area contributed by atoms with Gasteiger partial charge in [0.1, 0.15) is 5.69 Å². The number of nitrogens with zero attached hydrogens (tertiary/aromatic N) is 1. The second-order valence-corrected chi connectivity index (χ2v) is 4.76. The molecule has 1 heterocycles. The van der Waals surface area contributed by atoms with E-state index in [4.69, 9.17) is 5.11 Å². The van der Waals surface area contributed by atoms with Crippen LogP contribution >= 0.6 is 15.9 Å². The number of aromatic carboxylic acids is 1. The van der Waals surface area contributed by atoms with Crippen molar-refractivity contribution < 1.29 is 23.5 Å². The number of carbonyl (C=O) groups is 2. The van der Waals surface area contributed by atoms with Crippen molar-refractivity contribution in [3.63, 3.8) is 0 Å². The number of hydrogen-bond acceptors (Lipinski definition) is 3. The Morgan fingerprint density at radius 3 is 2.52 bits per heavy atom. The van der Waals surface area contributed by atoms with Crippen LogP contribution in [0.3, 0.4) is 0 Å². The Labute approximate surface area is 125 Å². The molecular weight excluding hydrogens is 350 g/mol. The van der Waals surface area contributed by atoms with Crippen LogP contribution in [0.5, 0.6) is 0 Å². The number of carbonyl (C=O) groups excluding carboxylic acids is 1. The number of pyridine rings is 1.